The van der Waals surface area contributed by atoms with Gasteiger partial charge in [-0.1, -0.05) is 25.1 Å². The van der Waals surface area contributed by atoms with Crippen LogP contribution in [0.3, 0.4) is 0 Å². The van der Waals surface area contributed by atoms with E-state index in [1.165, 1.54) is 0 Å². The number of benzene rings is 2. The molecule has 0 unspecified atom stereocenters. The highest BCUT2D eigenvalue weighted by Gasteiger charge is 2.27. The van der Waals surface area contributed by atoms with Gasteiger partial charge >= 0.3 is 0 Å². The number of hydrogen-bond donors (Lipinski definition) is 0. The van der Waals surface area contributed by atoms with E-state index < -0.39 is 0 Å². The van der Waals surface area contributed by atoms with Gasteiger partial charge in [0.05, 0.1) is 38.1 Å². The van der Waals surface area contributed by atoms with Crippen molar-refractivity contribution in [2.45, 2.75) is 38.6 Å². The Morgan fingerprint density at radius 3 is 2.18 bits per heavy atom. The summed E-state index contributed by atoms with van der Waals surface area (Å²) in [6, 6.07) is 13.7. The average molecular weight is 449 g/mol. The second-order valence-corrected chi connectivity index (χ2v) is 8.82. The predicted molar refractivity (Wildman–Crippen MR) is 130 cm³/mol. The third kappa shape index (κ3) is 4.47. The van der Waals surface area contributed by atoms with Gasteiger partial charge in [-0.05, 0) is 55.9 Å². The Labute approximate surface area is 195 Å². The summed E-state index contributed by atoms with van der Waals surface area (Å²) >= 11 is 0. The number of rotatable bonds is 6. The van der Waals surface area contributed by atoms with E-state index in [9.17, 15) is 4.79 Å². The van der Waals surface area contributed by atoms with Gasteiger partial charge in [0.1, 0.15) is 0 Å². The summed E-state index contributed by atoms with van der Waals surface area (Å²) in [6.07, 6.45) is 4.42. The molecule has 0 N–H and O–H groups in total. The van der Waals surface area contributed by atoms with E-state index in [0.29, 0.717) is 28.5 Å². The lowest BCUT2D eigenvalue weighted by Crippen LogP contribution is -2.39. The average Bonchev–Trinajstić information content (AvgIpc) is 2.86. The maximum Gasteiger partial charge on any atom is 0.254 e. The molecule has 2 aromatic carbocycles. The van der Waals surface area contributed by atoms with Gasteiger partial charge in [-0.15, -0.1) is 0 Å². The number of para-hydroxylation sites is 1. The van der Waals surface area contributed by atoms with E-state index in [1.807, 2.05) is 54.4 Å². The Balaban J connectivity index is 1.80. The van der Waals surface area contributed by atoms with Crippen LogP contribution in [0.15, 0.2) is 42.5 Å². The van der Waals surface area contributed by atoms with Crippen molar-refractivity contribution < 1.29 is 19.0 Å². The molecule has 6 heteroatoms. The zero-order valence-corrected chi connectivity index (χ0v) is 20.1. The van der Waals surface area contributed by atoms with Crippen molar-refractivity contribution in [3.8, 4) is 28.5 Å². The predicted octanol–water partition coefficient (Wildman–Crippen LogP) is 5.58. The minimum absolute atomic E-state index is 0.0295. The summed E-state index contributed by atoms with van der Waals surface area (Å²) in [6.45, 7) is 2.29. The zero-order valence-electron chi connectivity index (χ0n) is 20.1. The van der Waals surface area contributed by atoms with E-state index in [1.54, 1.807) is 21.3 Å². The molecule has 6 nitrogen and oxygen atoms in total. The van der Waals surface area contributed by atoms with Crippen LogP contribution in [0, 0.1) is 5.92 Å². The number of carbonyl (C=O) groups excluding carboxylic acids is 1. The summed E-state index contributed by atoms with van der Waals surface area (Å²) in [5.74, 6) is 2.37. The van der Waals surface area contributed by atoms with Crippen molar-refractivity contribution in [1.29, 1.82) is 0 Å². The van der Waals surface area contributed by atoms with Crippen LogP contribution in [0.25, 0.3) is 22.2 Å². The molecular weight excluding hydrogens is 416 g/mol. The number of pyridine rings is 1. The maximum atomic E-state index is 13.7. The number of nitrogens with zero attached hydrogens (tertiary/aromatic N) is 2. The molecule has 33 heavy (non-hydrogen) atoms. The molecule has 1 aliphatic rings. The molecule has 0 spiro atoms. The van der Waals surface area contributed by atoms with Crippen molar-refractivity contribution in [3.05, 3.63) is 48.0 Å². The Morgan fingerprint density at radius 1 is 0.939 bits per heavy atom. The summed E-state index contributed by atoms with van der Waals surface area (Å²) < 4.78 is 16.5. The minimum atomic E-state index is 0.0295. The number of hydrogen-bond acceptors (Lipinski definition) is 5. The molecule has 1 aromatic heterocycles. The fourth-order valence-electron chi connectivity index (χ4n) is 4.71. The first-order valence-electron chi connectivity index (χ1n) is 11.4. The van der Waals surface area contributed by atoms with Crippen molar-refractivity contribution in [3.63, 3.8) is 0 Å². The third-order valence-electron chi connectivity index (χ3n) is 6.76. The molecule has 0 aliphatic heterocycles. The highest BCUT2D eigenvalue weighted by atomic mass is 16.5. The second-order valence-electron chi connectivity index (χ2n) is 8.82. The summed E-state index contributed by atoms with van der Waals surface area (Å²) in [7, 11) is 6.68. The van der Waals surface area contributed by atoms with Crippen LogP contribution in [0.2, 0.25) is 0 Å². The largest absolute Gasteiger partial charge is 0.493 e. The van der Waals surface area contributed by atoms with Crippen LogP contribution in [0.5, 0.6) is 17.2 Å². The normalized spacial score (nSPS) is 18.1. The molecule has 1 saturated carbocycles. The van der Waals surface area contributed by atoms with Gasteiger partial charge in [-0.3, -0.25) is 4.79 Å². The molecular formula is C27H32N2O4. The van der Waals surface area contributed by atoms with Gasteiger partial charge < -0.3 is 19.1 Å². The summed E-state index contributed by atoms with van der Waals surface area (Å²) in [5, 5.41) is 0.856. The molecule has 174 valence electrons. The van der Waals surface area contributed by atoms with Gasteiger partial charge in [0.15, 0.2) is 11.5 Å². The molecule has 1 amide bonds. The van der Waals surface area contributed by atoms with Crippen LogP contribution >= 0.6 is 0 Å². The summed E-state index contributed by atoms with van der Waals surface area (Å²) in [5.41, 5.74) is 2.91. The fraction of sp³-hybridized carbons (Fsp3) is 0.407. The van der Waals surface area contributed by atoms with Gasteiger partial charge in [0.2, 0.25) is 5.75 Å². The lowest BCUT2D eigenvalue weighted by atomic mass is 9.86. The van der Waals surface area contributed by atoms with Gasteiger partial charge in [-0.25, -0.2) is 4.98 Å². The van der Waals surface area contributed by atoms with E-state index in [0.717, 1.165) is 48.1 Å². The van der Waals surface area contributed by atoms with Crippen molar-refractivity contribution in [2.75, 3.05) is 28.4 Å². The molecule has 0 atom stereocenters. The van der Waals surface area contributed by atoms with Crippen LogP contribution in [-0.4, -0.2) is 50.2 Å². The number of methoxy groups -OCH3 is 3. The van der Waals surface area contributed by atoms with E-state index in [4.69, 9.17) is 19.2 Å². The standard InChI is InChI=1S/C27H32N2O4/c1-17-10-12-19(13-11-17)29(2)27(30)21-16-23(28-22-9-7-6-8-20(21)22)18-14-24(31-3)26(33-5)25(15-18)32-4/h6-9,14-17,19H,10-13H2,1-5H3. The smallest absolute Gasteiger partial charge is 0.254 e. The van der Waals surface area contributed by atoms with Crippen molar-refractivity contribution in [1.82, 2.24) is 9.88 Å². The highest BCUT2D eigenvalue weighted by molar-refractivity contribution is 6.07. The second kappa shape index (κ2) is 9.69. The first-order valence-corrected chi connectivity index (χ1v) is 11.4. The Morgan fingerprint density at radius 2 is 1.58 bits per heavy atom. The molecule has 1 heterocycles. The quantitative estimate of drug-likeness (QED) is 0.493. The van der Waals surface area contributed by atoms with Gasteiger partial charge in [0.25, 0.3) is 5.91 Å². The number of aromatic nitrogens is 1. The molecule has 4 rings (SSSR count). The van der Waals surface area contributed by atoms with Crippen LogP contribution in [-0.2, 0) is 0 Å². The van der Waals surface area contributed by atoms with Crippen LogP contribution < -0.4 is 14.2 Å². The zero-order chi connectivity index (χ0) is 23.5. The Hall–Kier alpha value is -3.28. The molecule has 0 saturated heterocycles. The molecule has 3 aromatic rings. The minimum Gasteiger partial charge on any atom is -0.493 e. The molecule has 0 radical (unpaired) electrons. The molecule has 1 aliphatic carbocycles. The van der Waals surface area contributed by atoms with Crippen molar-refractivity contribution in [2.24, 2.45) is 5.92 Å². The Bertz CT molecular complexity index is 1130. The lowest BCUT2D eigenvalue weighted by Gasteiger charge is -2.34. The van der Waals surface area contributed by atoms with Crippen LogP contribution in [0.4, 0.5) is 0 Å². The monoisotopic (exact) mass is 448 g/mol. The number of amides is 1. The summed E-state index contributed by atoms with van der Waals surface area (Å²) in [4.78, 5) is 20.5. The van der Waals surface area contributed by atoms with Crippen LogP contribution in [0.1, 0.15) is 43.0 Å². The van der Waals surface area contributed by atoms with E-state index in [2.05, 4.69) is 6.92 Å². The molecule has 0 bridgehead atoms. The first kappa shape index (κ1) is 22.9. The van der Waals surface area contributed by atoms with E-state index in [-0.39, 0.29) is 11.9 Å². The third-order valence-corrected chi connectivity index (χ3v) is 6.76. The topological polar surface area (TPSA) is 60.9 Å². The number of fused-ring (bicyclic) bond motifs is 1. The van der Waals surface area contributed by atoms with Gasteiger partial charge in [-0.2, -0.15) is 0 Å². The molecule has 1 fully saturated rings. The fourth-order valence-corrected chi connectivity index (χ4v) is 4.71. The number of ether oxygens (including phenoxy) is 3. The van der Waals surface area contributed by atoms with E-state index >= 15 is 0 Å². The Kier molecular flexibility index (Phi) is 6.72. The highest BCUT2D eigenvalue weighted by Crippen LogP contribution is 2.41. The SMILES string of the molecule is COc1cc(-c2cc(C(=O)N(C)C3CCC(C)CC3)c3ccccc3n2)cc(OC)c1OC. The number of carbonyl (C=O) groups is 1. The lowest BCUT2D eigenvalue weighted by molar-refractivity contribution is 0.0681. The van der Waals surface area contributed by atoms with Crippen molar-refractivity contribution >= 4 is 16.8 Å². The van der Waals surface area contributed by atoms with Gasteiger partial charge in [0, 0.05) is 24.0 Å². The maximum absolute atomic E-state index is 13.7. The first-order chi connectivity index (χ1) is 16.0.